The average molecular weight is 303 g/mol. The summed E-state index contributed by atoms with van der Waals surface area (Å²) in [4.78, 5) is 23.5. The summed E-state index contributed by atoms with van der Waals surface area (Å²) < 4.78 is 0. The lowest BCUT2D eigenvalue weighted by Crippen LogP contribution is -2.30. The van der Waals surface area contributed by atoms with Crippen molar-refractivity contribution >= 4 is 11.8 Å². The monoisotopic (exact) mass is 303 g/mol. The van der Waals surface area contributed by atoms with E-state index < -0.39 is 0 Å². The Kier molecular flexibility index (Phi) is 10.0. The highest BCUT2D eigenvalue weighted by molar-refractivity contribution is 6.04. The Morgan fingerprint density at radius 2 is 1.36 bits per heavy atom. The van der Waals surface area contributed by atoms with Crippen molar-refractivity contribution in [2.24, 2.45) is 0 Å². The van der Waals surface area contributed by atoms with E-state index >= 15 is 0 Å². The van der Waals surface area contributed by atoms with Gasteiger partial charge in [0.2, 0.25) is 5.91 Å². The molecular weight excluding hydrogens is 274 g/mol. The van der Waals surface area contributed by atoms with Crippen LogP contribution in [0, 0.1) is 0 Å². The molecule has 3 nitrogen and oxygen atoms in total. The molecule has 2 amide bonds. The molecule has 0 unspecified atom stereocenters. The van der Waals surface area contributed by atoms with Crippen LogP contribution >= 0.6 is 0 Å². The van der Waals surface area contributed by atoms with Crippen LogP contribution in [0.3, 0.4) is 0 Å². The number of hydrogen-bond acceptors (Lipinski definition) is 2. The van der Waals surface area contributed by atoms with Gasteiger partial charge < -0.3 is 0 Å². The highest BCUT2D eigenvalue weighted by Crippen LogP contribution is 2.10. The second-order valence-corrected chi connectivity index (χ2v) is 5.82. The Morgan fingerprint density at radius 1 is 0.818 bits per heavy atom. The van der Waals surface area contributed by atoms with Gasteiger partial charge in [-0.25, -0.2) is 0 Å². The molecule has 0 heterocycles. The van der Waals surface area contributed by atoms with Crippen molar-refractivity contribution in [2.45, 2.75) is 71.1 Å². The van der Waals surface area contributed by atoms with E-state index in [1.54, 1.807) is 24.3 Å². The molecule has 0 aromatic heterocycles. The zero-order valence-corrected chi connectivity index (χ0v) is 13.8. The highest BCUT2D eigenvalue weighted by atomic mass is 16.2. The van der Waals surface area contributed by atoms with E-state index in [1.807, 2.05) is 6.07 Å². The van der Waals surface area contributed by atoms with Crippen LogP contribution in [0.25, 0.3) is 0 Å². The van der Waals surface area contributed by atoms with Crippen LogP contribution in [0.4, 0.5) is 0 Å². The second-order valence-electron chi connectivity index (χ2n) is 5.82. The molecule has 0 spiro atoms. The third-order valence-corrected chi connectivity index (χ3v) is 3.80. The largest absolute Gasteiger partial charge is 0.292 e. The molecule has 1 rings (SSSR count). The molecule has 0 aliphatic carbocycles. The van der Waals surface area contributed by atoms with Gasteiger partial charge in [-0.15, -0.1) is 0 Å². The smallest absolute Gasteiger partial charge is 0.257 e. The average Bonchev–Trinajstić information content (AvgIpc) is 2.54. The quantitative estimate of drug-likeness (QED) is 0.593. The van der Waals surface area contributed by atoms with Gasteiger partial charge in [0, 0.05) is 12.0 Å². The molecule has 122 valence electrons. The summed E-state index contributed by atoms with van der Waals surface area (Å²) in [5.41, 5.74) is 0.530. The Balaban J connectivity index is 2.01. The standard InChI is InChI=1S/C19H29NO2/c1-2-3-4-5-6-7-8-9-13-16-18(21)20-19(22)17-14-11-10-12-15-17/h10-12,14-15H,2-9,13,16H2,1H3,(H,20,21,22). The minimum Gasteiger partial charge on any atom is -0.292 e. The van der Waals surface area contributed by atoms with E-state index in [-0.39, 0.29) is 11.8 Å². The van der Waals surface area contributed by atoms with Crippen LogP contribution < -0.4 is 5.32 Å². The van der Waals surface area contributed by atoms with Crippen molar-refractivity contribution in [3.63, 3.8) is 0 Å². The normalized spacial score (nSPS) is 10.4. The topological polar surface area (TPSA) is 46.2 Å². The van der Waals surface area contributed by atoms with Gasteiger partial charge in [0.15, 0.2) is 0 Å². The van der Waals surface area contributed by atoms with Gasteiger partial charge in [-0.1, -0.05) is 76.5 Å². The lowest BCUT2D eigenvalue weighted by atomic mass is 10.1. The summed E-state index contributed by atoms with van der Waals surface area (Å²) in [7, 11) is 0. The van der Waals surface area contributed by atoms with E-state index in [0.717, 1.165) is 12.8 Å². The summed E-state index contributed by atoms with van der Waals surface area (Å²) in [5, 5.41) is 2.44. The van der Waals surface area contributed by atoms with Crippen LogP contribution in [0.1, 0.15) is 81.5 Å². The number of unbranched alkanes of at least 4 members (excludes halogenated alkanes) is 8. The molecule has 0 bridgehead atoms. The Hall–Kier alpha value is -1.64. The van der Waals surface area contributed by atoms with Gasteiger partial charge in [0.1, 0.15) is 0 Å². The van der Waals surface area contributed by atoms with Gasteiger partial charge in [0.25, 0.3) is 5.91 Å². The lowest BCUT2D eigenvalue weighted by Gasteiger charge is -2.04. The van der Waals surface area contributed by atoms with Crippen molar-refractivity contribution in [1.29, 1.82) is 0 Å². The minimum atomic E-state index is -0.304. The number of imide groups is 1. The minimum absolute atomic E-state index is 0.170. The number of nitrogens with one attached hydrogen (secondary N) is 1. The molecule has 0 aliphatic heterocycles. The summed E-state index contributed by atoms with van der Waals surface area (Å²) in [6.45, 7) is 2.23. The van der Waals surface area contributed by atoms with Crippen molar-refractivity contribution in [3.8, 4) is 0 Å². The van der Waals surface area contributed by atoms with E-state index in [9.17, 15) is 9.59 Å². The third-order valence-electron chi connectivity index (χ3n) is 3.80. The van der Waals surface area contributed by atoms with Gasteiger partial charge in [-0.3, -0.25) is 14.9 Å². The molecule has 0 saturated heterocycles. The molecular formula is C19H29NO2. The van der Waals surface area contributed by atoms with Gasteiger partial charge in [-0.05, 0) is 18.6 Å². The van der Waals surface area contributed by atoms with Crippen molar-refractivity contribution in [3.05, 3.63) is 35.9 Å². The third kappa shape index (κ3) is 8.60. The second kappa shape index (κ2) is 12.0. The van der Waals surface area contributed by atoms with Crippen molar-refractivity contribution in [2.75, 3.05) is 0 Å². The zero-order valence-electron chi connectivity index (χ0n) is 13.8. The van der Waals surface area contributed by atoms with Crippen molar-refractivity contribution < 1.29 is 9.59 Å². The molecule has 3 heteroatoms. The summed E-state index contributed by atoms with van der Waals surface area (Å²) in [5.74, 6) is -0.474. The molecule has 0 aliphatic rings. The summed E-state index contributed by atoms with van der Waals surface area (Å²) >= 11 is 0. The fourth-order valence-corrected chi connectivity index (χ4v) is 2.45. The molecule has 0 saturated carbocycles. The molecule has 1 aromatic rings. The predicted molar refractivity (Wildman–Crippen MR) is 90.8 cm³/mol. The summed E-state index contributed by atoms with van der Waals surface area (Å²) in [6, 6.07) is 8.85. The van der Waals surface area contributed by atoms with E-state index in [2.05, 4.69) is 12.2 Å². The first-order valence-corrected chi connectivity index (χ1v) is 8.63. The van der Waals surface area contributed by atoms with Gasteiger partial charge >= 0.3 is 0 Å². The first kappa shape index (κ1) is 18.4. The van der Waals surface area contributed by atoms with Crippen LogP contribution in [0.15, 0.2) is 30.3 Å². The fraction of sp³-hybridized carbons (Fsp3) is 0.579. The maximum atomic E-state index is 11.8. The Bertz CT molecular complexity index is 428. The zero-order chi connectivity index (χ0) is 16.0. The number of rotatable bonds is 11. The van der Waals surface area contributed by atoms with Gasteiger partial charge in [-0.2, -0.15) is 0 Å². The molecule has 0 radical (unpaired) electrons. The number of amides is 2. The summed E-state index contributed by atoms with van der Waals surface area (Å²) in [6.07, 6.45) is 11.4. The maximum absolute atomic E-state index is 11.8. The van der Waals surface area contributed by atoms with E-state index in [4.69, 9.17) is 0 Å². The number of carbonyl (C=O) groups is 2. The first-order valence-electron chi connectivity index (χ1n) is 8.63. The van der Waals surface area contributed by atoms with E-state index in [1.165, 1.54) is 44.9 Å². The molecule has 1 N–H and O–H groups in total. The lowest BCUT2D eigenvalue weighted by molar-refractivity contribution is -0.120. The Labute approximate surface area is 134 Å². The fourth-order valence-electron chi connectivity index (χ4n) is 2.45. The first-order chi connectivity index (χ1) is 10.7. The Morgan fingerprint density at radius 3 is 1.95 bits per heavy atom. The van der Waals surface area contributed by atoms with E-state index in [0.29, 0.717) is 12.0 Å². The van der Waals surface area contributed by atoms with Crippen LogP contribution in [0.5, 0.6) is 0 Å². The van der Waals surface area contributed by atoms with Crippen molar-refractivity contribution in [1.82, 2.24) is 5.32 Å². The maximum Gasteiger partial charge on any atom is 0.257 e. The number of carbonyl (C=O) groups excluding carboxylic acids is 2. The molecule has 22 heavy (non-hydrogen) atoms. The highest BCUT2D eigenvalue weighted by Gasteiger charge is 2.09. The predicted octanol–water partition coefficient (Wildman–Crippen LogP) is 4.86. The molecule has 1 aromatic carbocycles. The van der Waals surface area contributed by atoms with Crippen LogP contribution in [-0.4, -0.2) is 11.8 Å². The van der Waals surface area contributed by atoms with Crippen LogP contribution in [-0.2, 0) is 4.79 Å². The van der Waals surface area contributed by atoms with Gasteiger partial charge in [0.05, 0.1) is 0 Å². The SMILES string of the molecule is CCCCCCCCCCCC(=O)NC(=O)c1ccccc1. The molecule has 0 fully saturated rings. The number of benzene rings is 1. The van der Waals surface area contributed by atoms with Crippen LogP contribution in [0.2, 0.25) is 0 Å². The number of hydrogen-bond donors (Lipinski definition) is 1. The molecule has 0 atom stereocenters.